The molecule has 0 aliphatic carbocycles. The molecule has 2 aromatic carbocycles. The minimum absolute atomic E-state index is 0.264. The fourth-order valence-corrected chi connectivity index (χ4v) is 3.67. The van der Waals surface area contributed by atoms with Gasteiger partial charge in [-0.1, -0.05) is 53.5 Å². The minimum atomic E-state index is -0.680. The van der Waals surface area contributed by atoms with Crippen LogP contribution in [0.2, 0.25) is 10.0 Å². The maximum atomic E-state index is 12.5. The van der Waals surface area contributed by atoms with Crippen molar-refractivity contribution in [3.63, 3.8) is 0 Å². The molecule has 7 heteroatoms. The normalized spacial score (nSPS) is 17.7. The third-order valence-corrected chi connectivity index (χ3v) is 4.69. The molecule has 1 heterocycles. The Bertz CT molecular complexity index is 735. The molecule has 4 nitrogen and oxygen atoms in total. The van der Waals surface area contributed by atoms with Crippen molar-refractivity contribution in [1.82, 2.24) is 4.90 Å². The summed E-state index contributed by atoms with van der Waals surface area (Å²) in [7, 11) is 0. The van der Waals surface area contributed by atoms with Crippen LogP contribution in [0.3, 0.4) is 0 Å². The van der Waals surface area contributed by atoms with E-state index in [0.717, 1.165) is 17.3 Å². The molecule has 118 valence electrons. The lowest BCUT2D eigenvalue weighted by atomic mass is 10.2. The molecule has 1 saturated heterocycles. The van der Waals surface area contributed by atoms with Crippen molar-refractivity contribution < 1.29 is 9.59 Å². The number of anilines is 1. The Kier molecular flexibility index (Phi) is 4.80. The number of rotatable bonds is 4. The first-order valence-electron chi connectivity index (χ1n) is 6.81. The number of carbonyl (C=O) groups excluding carboxylic acids is 2. The molecule has 0 aromatic heterocycles. The molecular formula is C16H12Cl2N2O2S. The number of amides is 2. The van der Waals surface area contributed by atoms with E-state index in [4.69, 9.17) is 23.2 Å². The Labute approximate surface area is 147 Å². The fourth-order valence-electron chi connectivity index (χ4n) is 2.23. The first-order chi connectivity index (χ1) is 11.0. The van der Waals surface area contributed by atoms with E-state index in [9.17, 15) is 9.59 Å². The van der Waals surface area contributed by atoms with E-state index in [-0.39, 0.29) is 17.7 Å². The first-order valence-corrected chi connectivity index (χ1v) is 8.45. The molecule has 0 saturated carbocycles. The van der Waals surface area contributed by atoms with Crippen molar-refractivity contribution in [2.24, 2.45) is 0 Å². The number of nitrogens with zero attached hydrogens (tertiary/aromatic N) is 1. The van der Waals surface area contributed by atoms with Crippen LogP contribution in [-0.4, -0.2) is 21.4 Å². The maximum Gasteiger partial charge on any atom is 0.291 e. The highest BCUT2D eigenvalue weighted by Gasteiger charge is 2.39. The van der Waals surface area contributed by atoms with Gasteiger partial charge < -0.3 is 5.32 Å². The zero-order chi connectivity index (χ0) is 16.4. The summed E-state index contributed by atoms with van der Waals surface area (Å²) in [6.45, 7) is 0.264. The van der Waals surface area contributed by atoms with Crippen molar-refractivity contribution in [1.29, 1.82) is 0 Å². The smallest absolute Gasteiger partial charge is 0.291 e. The Morgan fingerprint density at radius 2 is 1.70 bits per heavy atom. The Morgan fingerprint density at radius 3 is 2.35 bits per heavy atom. The van der Waals surface area contributed by atoms with E-state index < -0.39 is 5.37 Å². The highest BCUT2D eigenvalue weighted by Crippen LogP contribution is 2.31. The van der Waals surface area contributed by atoms with Gasteiger partial charge in [-0.2, -0.15) is 0 Å². The molecule has 1 fully saturated rings. The molecule has 23 heavy (non-hydrogen) atoms. The zero-order valence-corrected chi connectivity index (χ0v) is 14.2. The third kappa shape index (κ3) is 3.80. The van der Waals surface area contributed by atoms with Crippen molar-refractivity contribution >= 4 is 51.8 Å². The number of thioether (sulfide) groups is 1. The second-order valence-corrected chi connectivity index (χ2v) is 6.91. The van der Waals surface area contributed by atoms with Crippen LogP contribution in [0.1, 0.15) is 5.56 Å². The van der Waals surface area contributed by atoms with Crippen LogP contribution in [0.15, 0.2) is 48.5 Å². The quantitative estimate of drug-likeness (QED) is 0.856. The summed E-state index contributed by atoms with van der Waals surface area (Å²) in [6.07, 6.45) is 0. The Morgan fingerprint density at radius 1 is 1.04 bits per heavy atom. The van der Waals surface area contributed by atoms with Gasteiger partial charge in [0, 0.05) is 15.7 Å². The second kappa shape index (κ2) is 6.83. The average molecular weight is 367 g/mol. The number of carbonyl (C=O) groups is 2. The predicted molar refractivity (Wildman–Crippen MR) is 93.9 cm³/mol. The average Bonchev–Trinajstić information content (AvgIpc) is 2.75. The number of halogens is 2. The van der Waals surface area contributed by atoms with E-state index in [1.165, 1.54) is 4.90 Å². The molecule has 1 aliphatic heterocycles. The topological polar surface area (TPSA) is 49.4 Å². The van der Waals surface area contributed by atoms with Gasteiger partial charge in [0.05, 0.1) is 6.54 Å². The standard InChI is InChI=1S/C16H12Cl2N2O2S/c17-11-6-12(18)8-13(7-11)19-14-15(21)20(16(22)23-14)9-10-4-2-1-3-5-10/h1-8,14,19H,9H2. The molecule has 1 N–H and O–H groups in total. The summed E-state index contributed by atoms with van der Waals surface area (Å²) in [6, 6.07) is 14.3. The SMILES string of the molecule is O=C1SC(Nc2cc(Cl)cc(Cl)c2)C(=O)N1Cc1ccccc1. The summed E-state index contributed by atoms with van der Waals surface area (Å²) < 4.78 is 0. The Hall–Kier alpha value is -1.69. The summed E-state index contributed by atoms with van der Waals surface area (Å²) in [5.41, 5.74) is 1.50. The van der Waals surface area contributed by atoms with E-state index in [1.807, 2.05) is 30.3 Å². The molecule has 1 unspecified atom stereocenters. The van der Waals surface area contributed by atoms with Crippen LogP contribution in [0.25, 0.3) is 0 Å². The van der Waals surface area contributed by atoms with E-state index in [0.29, 0.717) is 15.7 Å². The van der Waals surface area contributed by atoms with Crippen LogP contribution in [0.5, 0.6) is 0 Å². The van der Waals surface area contributed by atoms with E-state index >= 15 is 0 Å². The lowest BCUT2D eigenvalue weighted by molar-refractivity contribution is -0.126. The fraction of sp³-hybridized carbons (Fsp3) is 0.125. The molecule has 0 spiro atoms. The molecule has 2 amide bonds. The van der Waals surface area contributed by atoms with Crippen molar-refractivity contribution in [3.05, 3.63) is 64.1 Å². The van der Waals surface area contributed by atoms with Crippen molar-refractivity contribution in [2.45, 2.75) is 11.9 Å². The number of hydrogen-bond donors (Lipinski definition) is 1. The number of nitrogens with one attached hydrogen (secondary N) is 1. The van der Waals surface area contributed by atoms with Gasteiger partial charge in [0.15, 0.2) is 5.37 Å². The first kappa shape index (κ1) is 16.2. The molecule has 0 radical (unpaired) electrons. The summed E-state index contributed by atoms with van der Waals surface area (Å²) in [5, 5.41) is 2.97. The molecule has 0 bridgehead atoms. The van der Waals surface area contributed by atoms with Gasteiger partial charge in [-0.25, -0.2) is 0 Å². The van der Waals surface area contributed by atoms with E-state index in [1.54, 1.807) is 18.2 Å². The van der Waals surface area contributed by atoms with Gasteiger partial charge in [-0.3, -0.25) is 14.5 Å². The van der Waals surface area contributed by atoms with Crippen LogP contribution >= 0.6 is 35.0 Å². The molecule has 1 aliphatic rings. The van der Waals surface area contributed by atoms with Gasteiger partial charge >= 0.3 is 0 Å². The molecular weight excluding hydrogens is 355 g/mol. The highest BCUT2D eigenvalue weighted by atomic mass is 35.5. The van der Waals surface area contributed by atoms with E-state index in [2.05, 4.69) is 5.32 Å². The van der Waals surface area contributed by atoms with Crippen LogP contribution < -0.4 is 5.32 Å². The van der Waals surface area contributed by atoms with Gasteiger partial charge in [0.2, 0.25) is 0 Å². The predicted octanol–water partition coefficient (Wildman–Crippen LogP) is 4.63. The largest absolute Gasteiger partial charge is 0.365 e. The van der Waals surface area contributed by atoms with Crippen LogP contribution in [-0.2, 0) is 11.3 Å². The summed E-state index contributed by atoms with van der Waals surface area (Å²) in [5.74, 6) is -0.278. The van der Waals surface area contributed by atoms with Gasteiger partial charge in [0.1, 0.15) is 0 Å². The lowest BCUT2D eigenvalue weighted by Crippen LogP contribution is -2.33. The minimum Gasteiger partial charge on any atom is -0.365 e. The van der Waals surface area contributed by atoms with Gasteiger partial charge in [0.25, 0.3) is 11.1 Å². The summed E-state index contributed by atoms with van der Waals surface area (Å²) in [4.78, 5) is 25.8. The highest BCUT2D eigenvalue weighted by molar-refractivity contribution is 8.15. The molecule has 3 rings (SSSR count). The zero-order valence-electron chi connectivity index (χ0n) is 11.8. The number of hydrogen-bond acceptors (Lipinski definition) is 4. The summed E-state index contributed by atoms with van der Waals surface area (Å²) >= 11 is 12.8. The molecule has 1 atom stereocenters. The van der Waals surface area contributed by atoms with Gasteiger partial charge in [-0.05, 0) is 35.5 Å². The monoisotopic (exact) mass is 366 g/mol. The van der Waals surface area contributed by atoms with Crippen molar-refractivity contribution in [2.75, 3.05) is 5.32 Å². The van der Waals surface area contributed by atoms with Gasteiger partial charge in [-0.15, -0.1) is 0 Å². The van der Waals surface area contributed by atoms with Crippen LogP contribution in [0.4, 0.5) is 10.5 Å². The Balaban J connectivity index is 1.73. The second-order valence-electron chi connectivity index (χ2n) is 4.98. The lowest BCUT2D eigenvalue weighted by Gasteiger charge is -2.15. The number of imide groups is 1. The molecule has 2 aromatic rings. The third-order valence-electron chi connectivity index (χ3n) is 3.27. The van der Waals surface area contributed by atoms with Crippen molar-refractivity contribution in [3.8, 4) is 0 Å². The number of benzene rings is 2. The van der Waals surface area contributed by atoms with Crippen LogP contribution in [0, 0.1) is 0 Å². The maximum absolute atomic E-state index is 12.5.